The molecule has 0 aliphatic carbocycles. The molecule has 0 spiro atoms. The van der Waals surface area contributed by atoms with Crippen LogP contribution in [0, 0.1) is 0 Å². The van der Waals surface area contributed by atoms with Gasteiger partial charge in [-0.1, -0.05) is 48.0 Å². The highest BCUT2D eigenvalue weighted by Crippen LogP contribution is 2.42. The summed E-state index contributed by atoms with van der Waals surface area (Å²) in [6, 6.07) is 12.1. The Hall–Kier alpha value is -2.57. The van der Waals surface area contributed by atoms with Gasteiger partial charge in [-0.25, -0.2) is 0 Å². The predicted octanol–water partition coefficient (Wildman–Crippen LogP) is 4.03. The summed E-state index contributed by atoms with van der Waals surface area (Å²) in [5, 5.41) is 6.97. The Bertz CT molecular complexity index is 928. The molecule has 1 atom stereocenters. The summed E-state index contributed by atoms with van der Waals surface area (Å²) in [4.78, 5) is 13.2. The number of hydrogen-bond donors (Lipinski definition) is 2. The van der Waals surface area contributed by atoms with Crippen molar-refractivity contribution in [3.05, 3.63) is 69.9 Å². The Balaban J connectivity index is 2.14. The van der Waals surface area contributed by atoms with Crippen LogP contribution in [0.2, 0.25) is 5.02 Å². The molecule has 1 unspecified atom stereocenters. The number of thiocarbonyl (C=S) groups is 1. The number of carbonyl (C=O) groups excluding carboxylic acids is 1. The Labute approximate surface area is 168 Å². The summed E-state index contributed by atoms with van der Waals surface area (Å²) in [6.45, 7) is 1.82. The number of Topliss-reactive ketones (excluding diaryl/α,β-unsaturated/α-hetero) is 1. The van der Waals surface area contributed by atoms with Crippen LogP contribution in [0.3, 0.4) is 0 Å². The van der Waals surface area contributed by atoms with Crippen molar-refractivity contribution in [2.75, 3.05) is 14.2 Å². The third-order valence-electron chi connectivity index (χ3n) is 4.38. The largest absolute Gasteiger partial charge is 0.493 e. The van der Waals surface area contributed by atoms with Crippen LogP contribution in [0.25, 0.3) is 0 Å². The minimum Gasteiger partial charge on any atom is -0.493 e. The average Bonchev–Trinajstić information content (AvgIpc) is 2.67. The van der Waals surface area contributed by atoms with Crippen molar-refractivity contribution < 1.29 is 14.3 Å². The molecule has 0 fully saturated rings. The van der Waals surface area contributed by atoms with Crippen molar-refractivity contribution in [2.45, 2.75) is 13.0 Å². The normalized spacial score (nSPS) is 16.4. The summed E-state index contributed by atoms with van der Waals surface area (Å²) < 4.78 is 10.7. The van der Waals surface area contributed by atoms with E-state index in [4.69, 9.17) is 33.3 Å². The zero-order chi connectivity index (χ0) is 19.6. The first-order chi connectivity index (χ1) is 13.0. The molecule has 5 nitrogen and oxygen atoms in total. The minimum absolute atomic E-state index is 0.105. The number of ketones is 1. The third kappa shape index (κ3) is 3.63. The Kier molecular flexibility index (Phi) is 5.68. The molecule has 0 aromatic heterocycles. The van der Waals surface area contributed by atoms with Crippen molar-refractivity contribution in [1.82, 2.24) is 10.6 Å². The van der Waals surface area contributed by atoms with Gasteiger partial charge in [-0.2, -0.15) is 0 Å². The van der Waals surface area contributed by atoms with Crippen LogP contribution in [0.15, 0.2) is 53.7 Å². The van der Waals surface area contributed by atoms with Gasteiger partial charge in [0.15, 0.2) is 22.4 Å². The molecular weight excluding hydrogens is 384 g/mol. The summed E-state index contributed by atoms with van der Waals surface area (Å²) in [6.07, 6.45) is 0. The first kappa shape index (κ1) is 19.2. The topological polar surface area (TPSA) is 59.6 Å². The smallest absolute Gasteiger partial charge is 0.193 e. The van der Waals surface area contributed by atoms with Gasteiger partial charge >= 0.3 is 0 Å². The van der Waals surface area contributed by atoms with Crippen LogP contribution in [-0.2, 0) is 0 Å². The number of carbonyl (C=O) groups is 1. The molecule has 2 N–H and O–H groups in total. The maximum absolute atomic E-state index is 13.2. The second-order valence-corrected chi connectivity index (χ2v) is 6.76. The Morgan fingerprint density at radius 3 is 2.44 bits per heavy atom. The minimum atomic E-state index is -0.515. The van der Waals surface area contributed by atoms with E-state index in [-0.39, 0.29) is 5.78 Å². The Morgan fingerprint density at radius 2 is 1.81 bits per heavy atom. The van der Waals surface area contributed by atoms with Crippen LogP contribution in [0.4, 0.5) is 0 Å². The van der Waals surface area contributed by atoms with Crippen molar-refractivity contribution in [2.24, 2.45) is 0 Å². The number of allylic oxidation sites excluding steroid dienone is 1. The van der Waals surface area contributed by atoms with Crippen LogP contribution in [-0.4, -0.2) is 25.1 Å². The number of nitrogens with one attached hydrogen (secondary N) is 2. The molecule has 0 amide bonds. The van der Waals surface area contributed by atoms with Crippen LogP contribution in [0.1, 0.15) is 28.9 Å². The molecule has 0 saturated carbocycles. The van der Waals surface area contributed by atoms with Gasteiger partial charge in [0.05, 0.1) is 25.3 Å². The van der Waals surface area contributed by atoms with Crippen LogP contribution < -0.4 is 20.1 Å². The van der Waals surface area contributed by atoms with Gasteiger partial charge in [0, 0.05) is 22.4 Å². The molecule has 0 radical (unpaired) electrons. The second kappa shape index (κ2) is 7.98. The van der Waals surface area contributed by atoms with E-state index in [9.17, 15) is 4.79 Å². The van der Waals surface area contributed by atoms with E-state index in [0.29, 0.717) is 44.0 Å². The number of hydrogen-bond acceptors (Lipinski definition) is 4. The lowest BCUT2D eigenvalue weighted by molar-refractivity contribution is 0.102. The van der Waals surface area contributed by atoms with E-state index in [2.05, 4.69) is 10.6 Å². The lowest BCUT2D eigenvalue weighted by Gasteiger charge is -2.31. The van der Waals surface area contributed by atoms with Crippen molar-refractivity contribution in [3.8, 4) is 11.5 Å². The van der Waals surface area contributed by atoms with E-state index < -0.39 is 6.04 Å². The van der Waals surface area contributed by atoms with Gasteiger partial charge in [-0.15, -0.1) is 0 Å². The number of methoxy groups -OCH3 is 2. The molecule has 140 valence electrons. The fraction of sp³-hybridized carbons (Fsp3) is 0.200. The van der Waals surface area contributed by atoms with Crippen molar-refractivity contribution >= 4 is 34.7 Å². The fourth-order valence-corrected chi connectivity index (χ4v) is 3.71. The second-order valence-electron chi connectivity index (χ2n) is 5.97. The first-order valence-electron chi connectivity index (χ1n) is 8.26. The van der Waals surface area contributed by atoms with Gasteiger partial charge in [-0.3, -0.25) is 4.79 Å². The first-order valence-corrected chi connectivity index (χ1v) is 9.05. The number of benzene rings is 2. The van der Waals surface area contributed by atoms with Gasteiger partial charge < -0.3 is 20.1 Å². The fourth-order valence-electron chi connectivity index (χ4n) is 3.10. The molecular formula is C20H19ClN2O3S. The standard InChI is InChI=1S/C20H19ClN2O3S/c1-11-15(18(24)12-7-5-4-6-8-12)17(23-20(27)22-11)13-9-10-14(25-2)19(26-3)16(13)21/h4-10,17H,1-3H3,(H2,22,23,27). The molecule has 3 rings (SSSR count). The van der Waals surface area contributed by atoms with Gasteiger partial charge in [0.2, 0.25) is 0 Å². The van der Waals surface area contributed by atoms with Gasteiger partial charge in [-0.05, 0) is 25.2 Å². The monoisotopic (exact) mass is 402 g/mol. The highest BCUT2D eigenvalue weighted by atomic mass is 35.5. The van der Waals surface area contributed by atoms with E-state index in [1.54, 1.807) is 31.4 Å². The van der Waals surface area contributed by atoms with E-state index in [1.165, 1.54) is 7.11 Å². The quantitative estimate of drug-likeness (QED) is 0.581. The van der Waals surface area contributed by atoms with Crippen LogP contribution >= 0.6 is 23.8 Å². The molecule has 0 bridgehead atoms. The number of rotatable bonds is 5. The zero-order valence-electron chi connectivity index (χ0n) is 15.1. The van der Waals surface area contributed by atoms with Crippen molar-refractivity contribution in [1.29, 1.82) is 0 Å². The lowest BCUT2D eigenvalue weighted by atomic mass is 9.89. The number of halogens is 1. The van der Waals surface area contributed by atoms with E-state index in [0.717, 1.165) is 0 Å². The summed E-state index contributed by atoms with van der Waals surface area (Å²) >= 11 is 11.9. The molecule has 27 heavy (non-hydrogen) atoms. The van der Waals surface area contributed by atoms with E-state index >= 15 is 0 Å². The number of ether oxygens (including phenoxy) is 2. The zero-order valence-corrected chi connectivity index (χ0v) is 16.7. The third-order valence-corrected chi connectivity index (χ3v) is 4.99. The molecule has 1 aliphatic rings. The van der Waals surface area contributed by atoms with E-state index in [1.807, 2.05) is 25.1 Å². The molecule has 1 aliphatic heterocycles. The molecule has 0 saturated heterocycles. The molecule has 1 heterocycles. The highest BCUT2D eigenvalue weighted by Gasteiger charge is 2.32. The summed E-state index contributed by atoms with van der Waals surface area (Å²) in [5.41, 5.74) is 2.49. The maximum atomic E-state index is 13.2. The Morgan fingerprint density at radius 1 is 1.11 bits per heavy atom. The summed E-state index contributed by atoms with van der Waals surface area (Å²) in [7, 11) is 3.06. The average molecular weight is 403 g/mol. The molecule has 2 aromatic carbocycles. The van der Waals surface area contributed by atoms with Gasteiger partial charge in [0.25, 0.3) is 0 Å². The maximum Gasteiger partial charge on any atom is 0.193 e. The SMILES string of the molecule is COc1ccc(C2NC(=S)NC(C)=C2C(=O)c2ccccc2)c(Cl)c1OC. The van der Waals surface area contributed by atoms with Gasteiger partial charge in [0.1, 0.15) is 0 Å². The van der Waals surface area contributed by atoms with Crippen LogP contribution in [0.5, 0.6) is 11.5 Å². The molecule has 2 aromatic rings. The molecule has 7 heteroatoms. The highest BCUT2D eigenvalue weighted by molar-refractivity contribution is 7.80. The summed E-state index contributed by atoms with van der Waals surface area (Å²) in [5.74, 6) is 0.818. The predicted molar refractivity (Wildman–Crippen MR) is 110 cm³/mol. The lowest BCUT2D eigenvalue weighted by Crippen LogP contribution is -2.45. The van der Waals surface area contributed by atoms with Crippen molar-refractivity contribution in [3.63, 3.8) is 0 Å².